The largest absolute Gasteiger partial charge is 0.364 e. The van der Waals surface area contributed by atoms with E-state index in [0.29, 0.717) is 5.82 Å². The molecular weight excluding hydrogens is 387 g/mol. The van der Waals surface area contributed by atoms with Gasteiger partial charge in [0.1, 0.15) is 11.6 Å². The van der Waals surface area contributed by atoms with E-state index in [1.54, 1.807) is 12.1 Å². The van der Waals surface area contributed by atoms with Gasteiger partial charge in [-0.25, -0.2) is 17.8 Å². The molecule has 2 aromatic heterocycles. The number of anilines is 4. The summed E-state index contributed by atoms with van der Waals surface area (Å²) in [6.45, 7) is 0. The van der Waals surface area contributed by atoms with Gasteiger partial charge < -0.3 is 16.4 Å². The van der Waals surface area contributed by atoms with Crippen LogP contribution in [0, 0.1) is 5.82 Å². The van der Waals surface area contributed by atoms with Crippen molar-refractivity contribution < 1.29 is 17.6 Å². The smallest absolute Gasteiger partial charge is 0.271 e. The van der Waals surface area contributed by atoms with Gasteiger partial charge in [-0.1, -0.05) is 12.1 Å². The lowest BCUT2D eigenvalue weighted by Gasteiger charge is -2.13. The van der Waals surface area contributed by atoms with E-state index in [1.807, 2.05) is 0 Å². The molecule has 3 rings (SSSR count). The van der Waals surface area contributed by atoms with E-state index in [4.69, 9.17) is 5.73 Å². The first-order valence-corrected chi connectivity index (χ1v) is 9.75. The van der Waals surface area contributed by atoms with Crippen LogP contribution in [0.25, 0.3) is 0 Å². The van der Waals surface area contributed by atoms with Gasteiger partial charge >= 0.3 is 0 Å². The second-order valence-electron chi connectivity index (χ2n) is 5.74. The number of sulfone groups is 1. The molecule has 0 bridgehead atoms. The Labute approximate surface area is 159 Å². The number of primary amides is 1. The molecule has 0 aliphatic rings. The minimum atomic E-state index is -3.53. The van der Waals surface area contributed by atoms with Crippen molar-refractivity contribution in [1.82, 2.24) is 15.2 Å². The van der Waals surface area contributed by atoms with E-state index in [0.717, 1.165) is 12.5 Å². The lowest BCUT2D eigenvalue weighted by molar-refractivity contribution is 0.0995. The lowest BCUT2D eigenvalue weighted by Crippen LogP contribution is -2.17. The summed E-state index contributed by atoms with van der Waals surface area (Å²) in [7, 11) is -3.53. The van der Waals surface area contributed by atoms with Gasteiger partial charge in [0.25, 0.3) is 5.91 Å². The Morgan fingerprint density at radius 1 is 1.04 bits per heavy atom. The number of rotatable bonds is 6. The summed E-state index contributed by atoms with van der Waals surface area (Å²) in [6, 6.07) is 10.2. The Morgan fingerprint density at radius 2 is 1.79 bits per heavy atom. The zero-order valence-electron chi connectivity index (χ0n) is 14.5. The Morgan fingerprint density at radius 3 is 2.43 bits per heavy atom. The number of hydrogen-bond donors (Lipinski definition) is 3. The van der Waals surface area contributed by atoms with E-state index in [9.17, 15) is 17.6 Å². The summed E-state index contributed by atoms with van der Waals surface area (Å²) in [4.78, 5) is 15.6. The van der Waals surface area contributed by atoms with E-state index < -0.39 is 21.6 Å². The molecule has 9 nitrogen and oxygen atoms in total. The van der Waals surface area contributed by atoms with E-state index in [2.05, 4.69) is 25.8 Å². The van der Waals surface area contributed by atoms with Crippen molar-refractivity contribution in [1.29, 1.82) is 0 Å². The molecule has 0 aliphatic heterocycles. The lowest BCUT2D eigenvalue weighted by atomic mass is 10.2. The van der Waals surface area contributed by atoms with Gasteiger partial charge in [-0.05, 0) is 24.3 Å². The molecule has 0 fully saturated rings. The summed E-state index contributed by atoms with van der Waals surface area (Å²) in [5, 5.41) is 13.3. The molecule has 0 spiro atoms. The molecule has 0 aliphatic carbocycles. The van der Waals surface area contributed by atoms with Crippen LogP contribution < -0.4 is 16.4 Å². The normalized spacial score (nSPS) is 11.1. The first kappa shape index (κ1) is 19.2. The number of carbonyl (C=O) groups is 1. The average molecular weight is 402 g/mol. The predicted molar refractivity (Wildman–Crippen MR) is 101 cm³/mol. The van der Waals surface area contributed by atoms with Crippen LogP contribution in [0.3, 0.4) is 0 Å². The summed E-state index contributed by atoms with van der Waals surface area (Å²) in [6.07, 6.45) is 2.09. The van der Waals surface area contributed by atoms with Gasteiger partial charge in [0.2, 0.25) is 0 Å². The van der Waals surface area contributed by atoms with Gasteiger partial charge in [0, 0.05) is 12.3 Å². The van der Waals surface area contributed by atoms with Gasteiger partial charge in [-0.15, -0.1) is 10.2 Å². The summed E-state index contributed by atoms with van der Waals surface area (Å²) < 4.78 is 37.0. The van der Waals surface area contributed by atoms with Crippen LogP contribution in [0.1, 0.15) is 10.5 Å². The van der Waals surface area contributed by atoms with Gasteiger partial charge in [0.05, 0.1) is 22.5 Å². The topological polar surface area (TPSA) is 140 Å². The fraction of sp³-hybridized carbons (Fsp3) is 0.0588. The second kappa shape index (κ2) is 7.56. The molecule has 1 amide bonds. The molecule has 4 N–H and O–H groups in total. The molecule has 0 atom stereocenters. The van der Waals surface area contributed by atoms with E-state index in [1.165, 1.54) is 30.3 Å². The quantitative estimate of drug-likeness (QED) is 0.569. The highest BCUT2D eigenvalue weighted by Gasteiger charge is 2.17. The number of pyridine rings is 1. The zero-order chi connectivity index (χ0) is 20.3. The fourth-order valence-corrected chi connectivity index (χ4v) is 3.19. The first-order valence-electron chi connectivity index (χ1n) is 7.86. The molecule has 0 saturated carbocycles. The number of hydrogen-bond acceptors (Lipinski definition) is 8. The van der Waals surface area contributed by atoms with E-state index >= 15 is 0 Å². The number of para-hydroxylation sites is 1. The molecule has 1 aromatic carbocycles. The van der Waals surface area contributed by atoms with Crippen LogP contribution in [0.5, 0.6) is 0 Å². The van der Waals surface area contributed by atoms with Crippen molar-refractivity contribution in [3.63, 3.8) is 0 Å². The van der Waals surface area contributed by atoms with Gasteiger partial charge in [0.15, 0.2) is 21.3 Å². The van der Waals surface area contributed by atoms with Crippen molar-refractivity contribution in [2.75, 3.05) is 16.9 Å². The Bertz CT molecular complexity index is 1140. The maximum atomic E-state index is 13.0. The minimum absolute atomic E-state index is 0.0388. The molecule has 11 heteroatoms. The standard InChI is InChI=1S/C17H15FN6O3S/c1-28(26,27)13-5-3-2-4-11(13)21-12-8-15(23-24-16(12)17(19)25)22-14-7-6-10(18)9-20-14/h2-9H,1H3,(H2,19,25)(H2,20,21,22,23). The number of nitrogens with zero attached hydrogens (tertiary/aromatic N) is 3. The molecule has 144 valence electrons. The highest BCUT2D eigenvalue weighted by atomic mass is 32.2. The fourth-order valence-electron chi connectivity index (χ4n) is 2.35. The average Bonchev–Trinajstić information content (AvgIpc) is 2.63. The van der Waals surface area contributed by atoms with Crippen LogP contribution in [0.2, 0.25) is 0 Å². The van der Waals surface area contributed by atoms with Crippen LogP contribution in [-0.4, -0.2) is 35.8 Å². The SMILES string of the molecule is CS(=O)(=O)c1ccccc1Nc1cc(Nc2ccc(F)cn2)nnc1C(N)=O. The number of aromatic nitrogens is 3. The van der Waals surface area contributed by atoms with Gasteiger partial charge in [-0.2, -0.15) is 0 Å². The molecule has 2 heterocycles. The highest BCUT2D eigenvalue weighted by Crippen LogP contribution is 2.27. The number of halogens is 1. The minimum Gasteiger partial charge on any atom is -0.364 e. The Kier molecular flexibility index (Phi) is 5.18. The molecular formula is C17H15FN6O3S. The zero-order valence-corrected chi connectivity index (χ0v) is 15.4. The highest BCUT2D eigenvalue weighted by molar-refractivity contribution is 7.90. The van der Waals surface area contributed by atoms with Crippen LogP contribution >= 0.6 is 0 Å². The van der Waals surface area contributed by atoms with Crippen molar-refractivity contribution in [2.45, 2.75) is 4.90 Å². The Balaban J connectivity index is 2.00. The summed E-state index contributed by atoms with van der Waals surface area (Å²) >= 11 is 0. The molecule has 0 radical (unpaired) electrons. The predicted octanol–water partition coefficient (Wildman–Crippen LogP) is 2.00. The Hall–Kier alpha value is -3.60. The number of benzene rings is 1. The number of nitrogens with two attached hydrogens (primary N) is 1. The maximum Gasteiger partial charge on any atom is 0.271 e. The number of nitrogens with one attached hydrogen (secondary N) is 2. The third-order valence-corrected chi connectivity index (χ3v) is 4.72. The van der Waals surface area contributed by atoms with Crippen LogP contribution in [0.4, 0.5) is 27.4 Å². The van der Waals surface area contributed by atoms with E-state index in [-0.39, 0.29) is 27.8 Å². The first-order chi connectivity index (χ1) is 13.2. The van der Waals surface area contributed by atoms with Gasteiger partial charge in [-0.3, -0.25) is 4.79 Å². The van der Waals surface area contributed by atoms with Crippen molar-refractivity contribution in [3.8, 4) is 0 Å². The number of carbonyl (C=O) groups excluding carboxylic acids is 1. The molecule has 3 aromatic rings. The summed E-state index contributed by atoms with van der Waals surface area (Å²) in [5.41, 5.74) is 5.54. The monoisotopic (exact) mass is 402 g/mol. The maximum absolute atomic E-state index is 13.0. The van der Waals surface area contributed by atoms with Crippen molar-refractivity contribution >= 4 is 38.8 Å². The third kappa shape index (κ3) is 4.38. The third-order valence-electron chi connectivity index (χ3n) is 3.57. The molecule has 0 saturated heterocycles. The number of amides is 1. The van der Waals surface area contributed by atoms with Crippen molar-refractivity contribution in [3.05, 3.63) is 60.2 Å². The van der Waals surface area contributed by atoms with Crippen molar-refractivity contribution in [2.24, 2.45) is 5.73 Å². The second-order valence-corrected chi connectivity index (χ2v) is 7.72. The van der Waals surface area contributed by atoms with Crippen LogP contribution in [-0.2, 0) is 9.84 Å². The molecule has 28 heavy (non-hydrogen) atoms. The molecule has 0 unspecified atom stereocenters. The summed E-state index contributed by atoms with van der Waals surface area (Å²) in [5.74, 6) is -0.868. The van der Waals surface area contributed by atoms with Crippen LogP contribution in [0.15, 0.2) is 53.6 Å².